The van der Waals surface area contributed by atoms with E-state index in [2.05, 4.69) is 20.5 Å². The minimum atomic E-state index is -0.732. The Labute approximate surface area is 106 Å². The molecule has 0 bridgehead atoms. The van der Waals surface area contributed by atoms with Crippen LogP contribution in [0.1, 0.15) is 10.5 Å². The molecule has 0 radical (unpaired) electrons. The predicted molar refractivity (Wildman–Crippen MR) is 64.0 cm³/mol. The molecule has 2 aromatic rings. The average molecular weight is 263 g/mol. The number of hydrogen-bond donors (Lipinski definition) is 2. The number of anilines is 1. The van der Waals surface area contributed by atoms with E-state index in [1.54, 1.807) is 12.1 Å². The maximum Gasteiger partial charge on any atom is 0.362 e. The van der Waals surface area contributed by atoms with Gasteiger partial charge in [0.05, 0.1) is 12.0 Å². The number of aromatic nitrogens is 3. The molecule has 0 saturated heterocycles. The van der Waals surface area contributed by atoms with E-state index in [0.29, 0.717) is 5.69 Å². The van der Waals surface area contributed by atoms with Crippen LogP contribution in [0, 0.1) is 10.1 Å². The zero-order valence-electron chi connectivity index (χ0n) is 9.78. The summed E-state index contributed by atoms with van der Waals surface area (Å²) in [6, 6.07) is 3.11. The smallest absolute Gasteiger partial charge is 0.362 e. The van der Waals surface area contributed by atoms with Gasteiger partial charge in [-0.3, -0.25) is 25.0 Å². The second kappa shape index (κ2) is 5.12. The summed E-state index contributed by atoms with van der Waals surface area (Å²) in [7, 11) is 1.23. The summed E-state index contributed by atoms with van der Waals surface area (Å²) in [5, 5.41) is 19.2. The molecule has 0 spiro atoms. The molecule has 2 rings (SSSR count). The highest BCUT2D eigenvalue weighted by molar-refractivity contribution is 6.06. The van der Waals surface area contributed by atoms with Gasteiger partial charge in [-0.1, -0.05) is 0 Å². The first-order valence-electron chi connectivity index (χ1n) is 5.11. The Hall–Kier alpha value is -2.97. The largest absolute Gasteiger partial charge is 0.475 e. The summed E-state index contributed by atoms with van der Waals surface area (Å²) < 4.78 is 4.71. The van der Waals surface area contributed by atoms with Crippen molar-refractivity contribution in [2.45, 2.75) is 0 Å². The third kappa shape index (κ3) is 2.49. The standard InChI is InChI=1S/C10H9N5O4/c1-19-10-8(15(17)18)7(13-14-10)9(16)12-6-2-4-11-5-3-6/h2-5H,1H3,(H,13,14)(H,11,12,16). The molecule has 0 fully saturated rings. The van der Waals surface area contributed by atoms with Gasteiger partial charge in [-0.05, 0) is 12.1 Å². The van der Waals surface area contributed by atoms with Crippen molar-refractivity contribution in [1.82, 2.24) is 15.2 Å². The number of carbonyl (C=O) groups is 1. The number of amides is 1. The molecule has 0 saturated carbocycles. The van der Waals surface area contributed by atoms with Crippen LogP contribution in [0.2, 0.25) is 0 Å². The molecule has 2 N–H and O–H groups in total. The molecule has 9 nitrogen and oxygen atoms in total. The fourth-order valence-electron chi connectivity index (χ4n) is 1.42. The highest BCUT2D eigenvalue weighted by Gasteiger charge is 2.30. The van der Waals surface area contributed by atoms with Gasteiger partial charge in [0.15, 0.2) is 0 Å². The monoisotopic (exact) mass is 263 g/mol. The summed E-state index contributed by atoms with van der Waals surface area (Å²) in [6.07, 6.45) is 2.97. The molecule has 0 unspecified atom stereocenters. The van der Waals surface area contributed by atoms with Gasteiger partial charge >= 0.3 is 11.6 Å². The lowest BCUT2D eigenvalue weighted by atomic mass is 10.3. The second-order valence-electron chi connectivity index (χ2n) is 3.40. The molecule has 98 valence electrons. The molecule has 0 aliphatic heterocycles. The van der Waals surface area contributed by atoms with Crippen molar-refractivity contribution in [3.63, 3.8) is 0 Å². The number of nitrogens with one attached hydrogen (secondary N) is 2. The number of carbonyl (C=O) groups excluding carboxylic acids is 1. The van der Waals surface area contributed by atoms with Crippen LogP contribution in [0.25, 0.3) is 0 Å². The molecular weight excluding hydrogens is 254 g/mol. The minimum Gasteiger partial charge on any atom is -0.475 e. The number of nitrogens with zero attached hydrogens (tertiary/aromatic N) is 3. The zero-order valence-corrected chi connectivity index (χ0v) is 9.78. The molecule has 2 aromatic heterocycles. The number of aromatic amines is 1. The van der Waals surface area contributed by atoms with Crippen molar-refractivity contribution in [3.8, 4) is 5.88 Å². The number of H-pyrrole nitrogens is 1. The lowest BCUT2D eigenvalue weighted by molar-refractivity contribution is -0.386. The zero-order chi connectivity index (χ0) is 13.8. The molecule has 0 aliphatic carbocycles. The molecule has 0 atom stereocenters. The fraction of sp³-hybridized carbons (Fsp3) is 0.100. The maximum absolute atomic E-state index is 11.9. The van der Waals surface area contributed by atoms with Crippen LogP contribution >= 0.6 is 0 Å². The molecule has 1 amide bonds. The Kier molecular flexibility index (Phi) is 3.37. The summed E-state index contributed by atoms with van der Waals surface area (Å²) >= 11 is 0. The van der Waals surface area contributed by atoms with Gasteiger partial charge in [-0.25, -0.2) is 0 Å². The van der Waals surface area contributed by atoms with E-state index in [0.717, 1.165) is 0 Å². The highest BCUT2D eigenvalue weighted by Crippen LogP contribution is 2.28. The lowest BCUT2D eigenvalue weighted by Crippen LogP contribution is -2.14. The molecule has 0 aliphatic rings. The van der Waals surface area contributed by atoms with E-state index < -0.39 is 16.5 Å². The number of ether oxygens (including phenoxy) is 1. The van der Waals surface area contributed by atoms with Gasteiger partial charge in [-0.15, -0.1) is 5.10 Å². The first kappa shape index (κ1) is 12.5. The van der Waals surface area contributed by atoms with E-state index in [-0.39, 0.29) is 11.6 Å². The van der Waals surface area contributed by atoms with Crippen LogP contribution in [0.4, 0.5) is 11.4 Å². The molecule has 9 heteroatoms. The van der Waals surface area contributed by atoms with E-state index in [4.69, 9.17) is 4.74 Å². The number of rotatable bonds is 4. The van der Waals surface area contributed by atoms with Crippen molar-refractivity contribution in [1.29, 1.82) is 0 Å². The predicted octanol–water partition coefficient (Wildman–Crippen LogP) is 0.974. The summed E-state index contributed by atoms with van der Waals surface area (Å²) in [5.41, 5.74) is -0.324. The van der Waals surface area contributed by atoms with E-state index in [9.17, 15) is 14.9 Å². The van der Waals surface area contributed by atoms with Crippen molar-refractivity contribution in [3.05, 3.63) is 40.3 Å². The van der Waals surface area contributed by atoms with E-state index in [1.807, 2.05) is 0 Å². The normalized spacial score (nSPS) is 9.95. The van der Waals surface area contributed by atoms with Crippen molar-refractivity contribution in [2.75, 3.05) is 12.4 Å². The third-order valence-corrected chi connectivity index (χ3v) is 2.25. The number of hydrogen-bond acceptors (Lipinski definition) is 6. The SMILES string of the molecule is COc1n[nH]c(C(=O)Nc2ccncc2)c1[N+](=O)[O-]. The van der Waals surface area contributed by atoms with Gasteiger partial charge in [0.2, 0.25) is 5.69 Å². The lowest BCUT2D eigenvalue weighted by Gasteiger charge is -2.02. The van der Waals surface area contributed by atoms with Gasteiger partial charge in [0.25, 0.3) is 5.91 Å². The Morgan fingerprint density at radius 3 is 2.74 bits per heavy atom. The van der Waals surface area contributed by atoms with Crippen LogP contribution in [0.3, 0.4) is 0 Å². The van der Waals surface area contributed by atoms with Crippen molar-refractivity contribution < 1.29 is 14.5 Å². The quantitative estimate of drug-likeness (QED) is 0.625. The number of methoxy groups -OCH3 is 1. The molecule has 2 heterocycles. The van der Waals surface area contributed by atoms with Gasteiger partial charge in [0, 0.05) is 18.1 Å². The topological polar surface area (TPSA) is 123 Å². The summed E-state index contributed by atoms with van der Waals surface area (Å²) in [6.45, 7) is 0. The first-order chi connectivity index (χ1) is 9.13. The van der Waals surface area contributed by atoms with Crippen LogP contribution in [0.5, 0.6) is 5.88 Å². The highest BCUT2D eigenvalue weighted by atomic mass is 16.6. The van der Waals surface area contributed by atoms with Crippen LogP contribution in [0.15, 0.2) is 24.5 Å². The van der Waals surface area contributed by atoms with Crippen LogP contribution in [-0.2, 0) is 0 Å². The van der Waals surface area contributed by atoms with E-state index in [1.165, 1.54) is 19.5 Å². The van der Waals surface area contributed by atoms with Crippen molar-refractivity contribution in [2.24, 2.45) is 0 Å². The van der Waals surface area contributed by atoms with Crippen molar-refractivity contribution >= 4 is 17.3 Å². The number of pyridine rings is 1. The Morgan fingerprint density at radius 2 is 2.16 bits per heavy atom. The average Bonchev–Trinajstić information content (AvgIpc) is 2.83. The summed E-state index contributed by atoms with van der Waals surface area (Å²) in [5.74, 6) is -0.932. The van der Waals surface area contributed by atoms with Gasteiger partial charge in [0.1, 0.15) is 0 Å². The second-order valence-corrected chi connectivity index (χ2v) is 3.40. The maximum atomic E-state index is 11.9. The van der Waals surface area contributed by atoms with Gasteiger partial charge in [-0.2, -0.15) is 0 Å². The minimum absolute atomic E-state index is 0.245. The summed E-state index contributed by atoms with van der Waals surface area (Å²) in [4.78, 5) is 25.9. The van der Waals surface area contributed by atoms with Crippen LogP contribution < -0.4 is 10.1 Å². The van der Waals surface area contributed by atoms with Gasteiger partial charge < -0.3 is 10.1 Å². The number of nitro groups is 1. The molecular formula is C10H9N5O4. The Balaban J connectivity index is 2.29. The Bertz CT molecular complexity index is 610. The fourth-order valence-corrected chi connectivity index (χ4v) is 1.42. The third-order valence-electron chi connectivity index (χ3n) is 2.25. The first-order valence-corrected chi connectivity index (χ1v) is 5.11. The molecule has 19 heavy (non-hydrogen) atoms. The van der Waals surface area contributed by atoms with Crippen LogP contribution in [-0.4, -0.2) is 33.1 Å². The van der Waals surface area contributed by atoms with E-state index >= 15 is 0 Å². The molecule has 0 aromatic carbocycles. The Morgan fingerprint density at radius 1 is 1.47 bits per heavy atom.